The molecule has 2 aliphatic heterocycles. The number of aliphatic hydroxyl groups excluding tert-OH is 1. The van der Waals surface area contributed by atoms with Crippen molar-refractivity contribution in [3.63, 3.8) is 0 Å². The predicted molar refractivity (Wildman–Crippen MR) is 135 cm³/mol. The first-order valence-corrected chi connectivity index (χ1v) is 12.4. The molecule has 1 N–H and O–H groups in total. The number of halogens is 1. The molecule has 2 aliphatic rings. The van der Waals surface area contributed by atoms with Crippen molar-refractivity contribution in [1.82, 2.24) is 9.80 Å². The number of rotatable bonds is 9. The lowest BCUT2D eigenvalue weighted by atomic mass is 9.95. The molecule has 8 heteroatoms. The fraction of sp³-hybridized carbons (Fsp3) is 0.407. The number of ether oxygens (including phenoxy) is 2. The number of amides is 1. The van der Waals surface area contributed by atoms with E-state index < -0.39 is 17.7 Å². The fourth-order valence-electron chi connectivity index (χ4n) is 4.43. The zero-order valence-electron chi connectivity index (χ0n) is 19.9. The third-order valence-corrected chi connectivity index (χ3v) is 6.57. The van der Waals surface area contributed by atoms with Crippen LogP contribution in [0.25, 0.3) is 5.76 Å². The summed E-state index contributed by atoms with van der Waals surface area (Å²) in [5.74, 6) is -0.946. The molecule has 0 radical (unpaired) electrons. The van der Waals surface area contributed by atoms with E-state index in [1.54, 1.807) is 36.4 Å². The number of likely N-dealkylation sites (tertiary alicyclic amines) is 1. The number of hydrogen-bond acceptors (Lipinski definition) is 6. The van der Waals surface area contributed by atoms with Crippen molar-refractivity contribution in [1.29, 1.82) is 0 Å². The van der Waals surface area contributed by atoms with Gasteiger partial charge < -0.3 is 19.5 Å². The lowest BCUT2D eigenvalue weighted by Gasteiger charge is -2.31. The Hall–Kier alpha value is -2.87. The number of morpholine rings is 1. The van der Waals surface area contributed by atoms with E-state index in [1.807, 2.05) is 12.1 Å². The summed E-state index contributed by atoms with van der Waals surface area (Å²) in [7, 11) is 0. The third-order valence-electron chi connectivity index (χ3n) is 6.34. The number of ketones is 1. The Balaban J connectivity index is 1.69. The molecule has 2 aromatic rings. The summed E-state index contributed by atoms with van der Waals surface area (Å²) >= 11 is 6.26. The maximum absolute atomic E-state index is 13.2. The van der Waals surface area contributed by atoms with Crippen LogP contribution in [0.1, 0.15) is 36.9 Å². The highest BCUT2D eigenvalue weighted by Crippen LogP contribution is 2.40. The van der Waals surface area contributed by atoms with Crippen LogP contribution in [0.15, 0.2) is 54.1 Å². The number of Topliss-reactive ketones (excluding diaryl/α,β-unsaturated/α-hetero) is 1. The van der Waals surface area contributed by atoms with Crippen LogP contribution in [0.5, 0.6) is 5.75 Å². The first-order chi connectivity index (χ1) is 17.0. The quantitative estimate of drug-likeness (QED) is 0.241. The highest BCUT2D eigenvalue weighted by Gasteiger charge is 2.46. The maximum atomic E-state index is 13.2. The first kappa shape index (κ1) is 25.2. The molecule has 1 atom stereocenters. The average molecular weight is 499 g/mol. The molecule has 2 saturated heterocycles. The van der Waals surface area contributed by atoms with Crippen LogP contribution in [0.3, 0.4) is 0 Å². The van der Waals surface area contributed by atoms with Gasteiger partial charge in [0, 0.05) is 36.8 Å². The van der Waals surface area contributed by atoms with Gasteiger partial charge in [-0.15, -0.1) is 0 Å². The second-order valence-corrected chi connectivity index (χ2v) is 9.17. The Bertz CT molecular complexity index is 1100. The van der Waals surface area contributed by atoms with Gasteiger partial charge in [-0.3, -0.25) is 14.5 Å². The monoisotopic (exact) mass is 498 g/mol. The standard InChI is InChI=1S/C27H31ClN2O5/c1-2-3-14-35-22-9-5-7-20(18-22)25(31)23-24(19-6-4-8-21(28)17-19)30(27(33)26(23)32)11-10-29-12-15-34-16-13-29/h4-9,17-18,24,31H,2-3,10-16H2,1H3. The molecule has 186 valence electrons. The molecule has 2 aromatic carbocycles. The molecule has 35 heavy (non-hydrogen) atoms. The molecule has 7 nitrogen and oxygen atoms in total. The molecule has 2 heterocycles. The van der Waals surface area contributed by atoms with E-state index in [1.165, 1.54) is 4.90 Å². The van der Waals surface area contributed by atoms with Crippen molar-refractivity contribution in [2.75, 3.05) is 46.0 Å². The second-order valence-electron chi connectivity index (χ2n) is 8.73. The van der Waals surface area contributed by atoms with Gasteiger partial charge >= 0.3 is 0 Å². The summed E-state index contributed by atoms with van der Waals surface area (Å²) in [6.45, 7) is 6.44. The zero-order chi connectivity index (χ0) is 24.8. The van der Waals surface area contributed by atoms with Gasteiger partial charge in [0.05, 0.1) is 31.4 Å². The van der Waals surface area contributed by atoms with Crippen molar-refractivity contribution in [2.24, 2.45) is 0 Å². The number of carbonyl (C=O) groups is 2. The zero-order valence-corrected chi connectivity index (χ0v) is 20.7. The van der Waals surface area contributed by atoms with Crippen LogP contribution in [0, 0.1) is 0 Å². The van der Waals surface area contributed by atoms with E-state index in [-0.39, 0.29) is 11.3 Å². The van der Waals surface area contributed by atoms with E-state index in [4.69, 9.17) is 21.1 Å². The van der Waals surface area contributed by atoms with Gasteiger partial charge in [0.15, 0.2) is 0 Å². The van der Waals surface area contributed by atoms with E-state index in [0.717, 1.165) is 25.9 Å². The minimum Gasteiger partial charge on any atom is -0.507 e. The molecule has 0 aliphatic carbocycles. The Morgan fingerprint density at radius 1 is 1.11 bits per heavy atom. The lowest BCUT2D eigenvalue weighted by molar-refractivity contribution is -0.140. The topological polar surface area (TPSA) is 79.3 Å². The van der Waals surface area contributed by atoms with E-state index in [9.17, 15) is 14.7 Å². The number of nitrogens with zero attached hydrogens (tertiary/aromatic N) is 2. The maximum Gasteiger partial charge on any atom is 0.295 e. The van der Waals surface area contributed by atoms with E-state index in [2.05, 4.69) is 11.8 Å². The molecule has 1 amide bonds. The van der Waals surface area contributed by atoms with Crippen molar-refractivity contribution < 1.29 is 24.2 Å². The highest BCUT2D eigenvalue weighted by molar-refractivity contribution is 6.46. The summed E-state index contributed by atoms with van der Waals surface area (Å²) < 4.78 is 11.2. The van der Waals surface area contributed by atoms with Gasteiger partial charge in [-0.2, -0.15) is 0 Å². The Labute approximate surface area is 210 Å². The molecule has 2 fully saturated rings. The molecular weight excluding hydrogens is 468 g/mol. The van der Waals surface area contributed by atoms with Gasteiger partial charge in [-0.25, -0.2) is 0 Å². The van der Waals surface area contributed by atoms with Crippen LogP contribution in [-0.2, 0) is 14.3 Å². The Morgan fingerprint density at radius 3 is 2.63 bits per heavy atom. The van der Waals surface area contributed by atoms with Gasteiger partial charge in [0.2, 0.25) is 0 Å². The van der Waals surface area contributed by atoms with Crippen LogP contribution < -0.4 is 4.74 Å². The molecule has 0 spiro atoms. The van der Waals surface area contributed by atoms with Crippen LogP contribution >= 0.6 is 11.6 Å². The smallest absolute Gasteiger partial charge is 0.295 e. The molecule has 1 unspecified atom stereocenters. The van der Waals surface area contributed by atoms with E-state index >= 15 is 0 Å². The fourth-order valence-corrected chi connectivity index (χ4v) is 4.63. The van der Waals surface area contributed by atoms with Crippen molar-refractivity contribution >= 4 is 29.1 Å². The predicted octanol–water partition coefficient (Wildman–Crippen LogP) is 4.27. The summed E-state index contributed by atoms with van der Waals surface area (Å²) in [4.78, 5) is 30.1. The summed E-state index contributed by atoms with van der Waals surface area (Å²) in [6.07, 6.45) is 1.92. The van der Waals surface area contributed by atoms with Crippen molar-refractivity contribution in [2.45, 2.75) is 25.8 Å². The van der Waals surface area contributed by atoms with Crippen LogP contribution in [-0.4, -0.2) is 72.6 Å². The van der Waals surface area contributed by atoms with Crippen molar-refractivity contribution in [3.8, 4) is 5.75 Å². The molecule has 0 aromatic heterocycles. The van der Waals surface area contributed by atoms with Gasteiger partial charge in [-0.1, -0.05) is 49.2 Å². The Kier molecular flexibility index (Phi) is 8.44. The minimum atomic E-state index is -0.737. The third kappa shape index (κ3) is 5.86. The van der Waals surface area contributed by atoms with Gasteiger partial charge in [0.25, 0.3) is 11.7 Å². The Morgan fingerprint density at radius 2 is 1.89 bits per heavy atom. The number of benzene rings is 2. The van der Waals surface area contributed by atoms with E-state index in [0.29, 0.717) is 54.8 Å². The SMILES string of the molecule is CCCCOc1cccc(C(O)=C2C(=O)C(=O)N(CCN3CCOCC3)C2c2cccc(Cl)c2)c1. The van der Waals surface area contributed by atoms with Crippen molar-refractivity contribution in [3.05, 3.63) is 70.3 Å². The van der Waals surface area contributed by atoms with Crippen LogP contribution in [0.2, 0.25) is 5.02 Å². The lowest BCUT2D eigenvalue weighted by Crippen LogP contribution is -2.42. The molecular formula is C27H31ClN2O5. The number of hydrogen-bond donors (Lipinski definition) is 1. The summed E-state index contributed by atoms with van der Waals surface area (Å²) in [5, 5.41) is 11.8. The molecule has 4 rings (SSSR count). The largest absolute Gasteiger partial charge is 0.507 e. The second kappa shape index (κ2) is 11.7. The number of unbranched alkanes of at least 4 members (excludes halogenated alkanes) is 1. The van der Waals surface area contributed by atoms with Gasteiger partial charge in [0.1, 0.15) is 11.5 Å². The normalized spacial score (nSPS) is 20.4. The summed E-state index contributed by atoms with van der Waals surface area (Å²) in [6, 6.07) is 13.3. The summed E-state index contributed by atoms with van der Waals surface area (Å²) in [5.41, 5.74) is 1.16. The van der Waals surface area contributed by atoms with Crippen LogP contribution in [0.4, 0.5) is 0 Å². The minimum absolute atomic E-state index is 0.0601. The average Bonchev–Trinajstić information content (AvgIpc) is 3.13. The number of aliphatic hydroxyl groups is 1. The first-order valence-electron chi connectivity index (χ1n) is 12.1. The number of carbonyl (C=O) groups excluding carboxylic acids is 2. The molecule has 0 bridgehead atoms. The highest BCUT2D eigenvalue weighted by atomic mass is 35.5. The van der Waals surface area contributed by atoms with Gasteiger partial charge in [-0.05, 0) is 36.2 Å². The molecule has 0 saturated carbocycles.